The monoisotopic (exact) mass is 240 g/mol. The molecule has 0 radical (unpaired) electrons. The Bertz CT molecular complexity index is 162. The van der Waals surface area contributed by atoms with E-state index in [0.29, 0.717) is 8.64 Å². The predicted molar refractivity (Wildman–Crippen MR) is 68.4 cm³/mol. The molecule has 2 nitrogen and oxygen atoms in total. The number of thiocarbonyl (C=S) groups is 2. The van der Waals surface area contributed by atoms with Crippen LogP contribution in [0.3, 0.4) is 0 Å². The summed E-state index contributed by atoms with van der Waals surface area (Å²) in [6.07, 6.45) is 0. The Balaban J connectivity index is 3.68. The first-order valence-electron chi connectivity index (χ1n) is 3.33. The average molecular weight is 240 g/mol. The molecular formula is C6H12N2S4. The maximum atomic E-state index is 4.86. The molecule has 0 saturated carbocycles. The van der Waals surface area contributed by atoms with Crippen LogP contribution in [0.15, 0.2) is 0 Å². The van der Waals surface area contributed by atoms with E-state index in [1.165, 1.54) is 0 Å². The van der Waals surface area contributed by atoms with Crippen LogP contribution >= 0.6 is 49.7 Å². The Morgan fingerprint density at radius 1 is 1.00 bits per heavy atom. The van der Waals surface area contributed by atoms with Crippen LogP contribution in [0, 0.1) is 0 Å². The second kappa shape index (κ2) is 6.01. The van der Waals surface area contributed by atoms with Gasteiger partial charge >= 0.3 is 0 Å². The topological polar surface area (TPSA) is 6.48 Å². The van der Waals surface area contributed by atoms with Crippen molar-refractivity contribution in [3.05, 3.63) is 0 Å². The van der Waals surface area contributed by atoms with Crippen molar-refractivity contribution >= 4 is 58.3 Å². The lowest BCUT2D eigenvalue weighted by Gasteiger charge is -2.22. The summed E-state index contributed by atoms with van der Waals surface area (Å²) in [6.45, 7) is 1.61. The maximum absolute atomic E-state index is 4.86. The molecular weight excluding hydrogens is 228 g/mol. The first-order valence-corrected chi connectivity index (χ1v) is 5.04. The van der Waals surface area contributed by atoms with Gasteiger partial charge in [0.1, 0.15) is 8.64 Å². The van der Waals surface area contributed by atoms with Crippen LogP contribution in [0.2, 0.25) is 0 Å². The van der Waals surface area contributed by atoms with Gasteiger partial charge < -0.3 is 9.80 Å². The number of hydrogen-bond acceptors (Lipinski definition) is 2. The molecule has 0 heterocycles. The van der Waals surface area contributed by atoms with E-state index in [-0.39, 0.29) is 0 Å². The van der Waals surface area contributed by atoms with Crippen molar-refractivity contribution in [2.45, 2.75) is 0 Å². The molecule has 0 atom stereocenters. The smallest absolute Gasteiger partial charge is 0.133 e. The zero-order valence-electron chi connectivity index (χ0n) is 7.02. The first-order chi connectivity index (χ1) is 5.45. The lowest BCUT2D eigenvalue weighted by molar-refractivity contribution is 0.427. The zero-order valence-corrected chi connectivity index (χ0v) is 10.4. The van der Waals surface area contributed by atoms with Gasteiger partial charge in [0.2, 0.25) is 0 Å². The molecule has 0 aliphatic rings. The van der Waals surface area contributed by atoms with Crippen molar-refractivity contribution in [3.63, 3.8) is 0 Å². The minimum Gasteiger partial charge on any atom is -0.359 e. The van der Waals surface area contributed by atoms with Crippen molar-refractivity contribution in [1.29, 1.82) is 0 Å². The fourth-order valence-electron chi connectivity index (χ4n) is 0.491. The number of thiol groups is 2. The van der Waals surface area contributed by atoms with Gasteiger partial charge in [-0.05, 0) is 0 Å². The van der Waals surface area contributed by atoms with E-state index >= 15 is 0 Å². The van der Waals surface area contributed by atoms with E-state index in [2.05, 4.69) is 25.3 Å². The molecule has 0 unspecified atom stereocenters. The van der Waals surface area contributed by atoms with Crippen molar-refractivity contribution in [3.8, 4) is 0 Å². The molecule has 12 heavy (non-hydrogen) atoms. The molecule has 0 saturated heterocycles. The third kappa shape index (κ3) is 5.18. The average Bonchev–Trinajstić information content (AvgIpc) is 1.98. The Labute approximate surface area is 95.1 Å². The number of nitrogens with zero attached hydrogens (tertiary/aromatic N) is 2. The molecule has 0 spiro atoms. The van der Waals surface area contributed by atoms with E-state index in [0.717, 1.165) is 13.1 Å². The van der Waals surface area contributed by atoms with Gasteiger partial charge in [0.15, 0.2) is 0 Å². The molecule has 0 N–H and O–H groups in total. The second-order valence-electron chi connectivity index (χ2n) is 2.41. The first kappa shape index (κ1) is 12.5. The molecule has 0 amide bonds. The standard InChI is InChI=1S/C6H12N2S4/c1-7(5(9)10)3-4-8(2)6(11)12/h3-4H2,1-2H3,(H,9,10)(H,11,12). The molecule has 0 aliphatic carbocycles. The van der Waals surface area contributed by atoms with Gasteiger partial charge in [-0.1, -0.05) is 24.4 Å². The third-order valence-corrected chi connectivity index (χ3v) is 2.73. The van der Waals surface area contributed by atoms with Crippen molar-refractivity contribution < 1.29 is 0 Å². The Morgan fingerprint density at radius 2 is 1.25 bits per heavy atom. The van der Waals surface area contributed by atoms with Crippen molar-refractivity contribution in [2.24, 2.45) is 0 Å². The normalized spacial score (nSPS) is 9.33. The van der Waals surface area contributed by atoms with E-state index in [4.69, 9.17) is 24.4 Å². The maximum Gasteiger partial charge on any atom is 0.133 e. The van der Waals surface area contributed by atoms with Gasteiger partial charge in [-0.25, -0.2) is 0 Å². The lowest BCUT2D eigenvalue weighted by Crippen LogP contribution is -2.33. The van der Waals surface area contributed by atoms with Crippen molar-refractivity contribution in [1.82, 2.24) is 9.80 Å². The molecule has 0 aromatic rings. The summed E-state index contributed by atoms with van der Waals surface area (Å²) in [4.78, 5) is 3.75. The van der Waals surface area contributed by atoms with Gasteiger partial charge in [0.05, 0.1) is 0 Å². The molecule has 0 aliphatic heterocycles. The van der Waals surface area contributed by atoms with Crippen LogP contribution in [0.25, 0.3) is 0 Å². The molecule has 0 aromatic heterocycles. The summed E-state index contributed by atoms with van der Waals surface area (Å²) in [6, 6.07) is 0. The number of rotatable bonds is 3. The molecule has 70 valence electrons. The molecule has 0 rings (SSSR count). The Morgan fingerprint density at radius 3 is 1.42 bits per heavy atom. The van der Waals surface area contributed by atoms with Crippen molar-refractivity contribution in [2.75, 3.05) is 27.2 Å². The summed E-state index contributed by atoms with van der Waals surface area (Å²) in [5.74, 6) is 0. The highest BCUT2D eigenvalue weighted by Crippen LogP contribution is 1.96. The Hall–Kier alpha value is 0.480. The van der Waals surface area contributed by atoms with Crippen LogP contribution < -0.4 is 0 Å². The fourth-order valence-corrected chi connectivity index (χ4v) is 0.874. The number of likely N-dealkylation sites (N-methyl/N-ethyl adjacent to an activating group) is 2. The minimum absolute atomic E-state index is 0.591. The fraction of sp³-hybridized carbons (Fsp3) is 0.667. The second-order valence-corrected chi connectivity index (χ2v) is 4.63. The highest BCUT2D eigenvalue weighted by Gasteiger charge is 2.02. The lowest BCUT2D eigenvalue weighted by atomic mass is 10.5. The van der Waals surface area contributed by atoms with E-state index in [1.54, 1.807) is 0 Å². The van der Waals surface area contributed by atoms with Crippen LogP contribution in [-0.4, -0.2) is 45.6 Å². The van der Waals surface area contributed by atoms with Crippen LogP contribution in [-0.2, 0) is 0 Å². The molecule has 0 aromatic carbocycles. The molecule has 0 bridgehead atoms. The highest BCUT2D eigenvalue weighted by molar-refractivity contribution is 8.11. The summed E-state index contributed by atoms with van der Waals surface area (Å²) >= 11 is 17.8. The van der Waals surface area contributed by atoms with Gasteiger partial charge in [0, 0.05) is 27.2 Å². The van der Waals surface area contributed by atoms with Gasteiger partial charge in [-0.15, -0.1) is 25.3 Å². The largest absolute Gasteiger partial charge is 0.359 e. The van der Waals surface area contributed by atoms with Crippen LogP contribution in [0.5, 0.6) is 0 Å². The minimum atomic E-state index is 0.591. The quantitative estimate of drug-likeness (QED) is 0.566. The van der Waals surface area contributed by atoms with Gasteiger partial charge in [0.25, 0.3) is 0 Å². The Kier molecular flexibility index (Phi) is 6.25. The predicted octanol–water partition coefficient (Wildman–Crippen LogP) is 1.28. The zero-order chi connectivity index (χ0) is 9.72. The van der Waals surface area contributed by atoms with E-state index in [9.17, 15) is 0 Å². The summed E-state index contributed by atoms with van der Waals surface area (Å²) in [7, 11) is 3.79. The number of hydrogen-bond donors (Lipinski definition) is 2. The summed E-state index contributed by atoms with van der Waals surface area (Å²) in [5.41, 5.74) is 0. The summed E-state index contributed by atoms with van der Waals surface area (Å²) in [5, 5.41) is 0. The summed E-state index contributed by atoms with van der Waals surface area (Å²) < 4.78 is 1.18. The molecule has 0 fully saturated rings. The molecule has 6 heteroatoms. The van der Waals surface area contributed by atoms with Crippen LogP contribution in [0.4, 0.5) is 0 Å². The third-order valence-electron chi connectivity index (χ3n) is 1.42. The SMILES string of the molecule is CN(CCN(C)C(=S)S)C(=S)S. The van der Waals surface area contributed by atoms with E-state index < -0.39 is 0 Å². The van der Waals surface area contributed by atoms with Gasteiger partial charge in [-0.2, -0.15) is 0 Å². The van der Waals surface area contributed by atoms with Gasteiger partial charge in [-0.3, -0.25) is 0 Å². The highest BCUT2D eigenvalue weighted by atomic mass is 32.1. The van der Waals surface area contributed by atoms with E-state index in [1.807, 2.05) is 23.9 Å². The van der Waals surface area contributed by atoms with Crippen LogP contribution in [0.1, 0.15) is 0 Å².